The van der Waals surface area contributed by atoms with E-state index in [1.807, 2.05) is 41.3 Å². The Bertz CT molecular complexity index is 1010. The highest BCUT2D eigenvalue weighted by Gasteiger charge is 2.29. The molecule has 130 valence electrons. The summed E-state index contributed by atoms with van der Waals surface area (Å²) in [6.07, 6.45) is 3.19. The van der Waals surface area contributed by atoms with Crippen LogP contribution in [0, 0.1) is 0 Å². The van der Waals surface area contributed by atoms with Gasteiger partial charge in [0.15, 0.2) is 5.01 Å². The molecule has 6 heteroatoms. The maximum Gasteiger partial charge on any atom is 0.284 e. The minimum Gasteiger partial charge on any atom is -0.320 e. The molecule has 5 rings (SSSR count). The lowest BCUT2D eigenvalue weighted by Gasteiger charge is -2.35. The summed E-state index contributed by atoms with van der Waals surface area (Å²) < 4.78 is 1.01. The zero-order valence-electron chi connectivity index (χ0n) is 14.1. The number of amides is 2. The highest BCUT2D eigenvalue weighted by molar-refractivity contribution is 7.20. The minimum absolute atomic E-state index is 0.182. The van der Waals surface area contributed by atoms with Crippen LogP contribution in [0.15, 0.2) is 36.4 Å². The van der Waals surface area contributed by atoms with E-state index in [2.05, 4.69) is 10.3 Å². The van der Waals surface area contributed by atoms with E-state index in [1.54, 1.807) is 0 Å². The predicted molar refractivity (Wildman–Crippen MR) is 103 cm³/mol. The summed E-state index contributed by atoms with van der Waals surface area (Å²) >= 11 is 1.40. The molecule has 0 spiro atoms. The van der Waals surface area contributed by atoms with Gasteiger partial charge >= 0.3 is 0 Å². The van der Waals surface area contributed by atoms with Crippen LogP contribution in [-0.2, 0) is 17.6 Å². The summed E-state index contributed by atoms with van der Waals surface area (Å²) in [5, 5.41) is 3.47. The fraction of sp³-hybridized carbons (Fsp3) is 0.250. The molecule has 0 bridgehead atoms. The van der Waals surface area contributed by atoms with Crippen LogP contribution in [0.2, 0.25) is 0 Å². The van der Waals surface area contributed by atoms with E-state index < -0.39 is 0 Å². The molecule has 2 aliphatic heterocycles. The number of carbonyl (C=O) groups excluding carboxylic acids is 2. The van der Waals surface area contributed by atoms with Crippen LogP contribution in [0.3, 0.4) is 0 Å². The highest BCUT2D eigenvalue weighted by atomic mass is 32.1. The number of thiazole rings is 1. The van der Waals surface area contributed by atoms with E-state index in [4.69, 9.17) is 0 Å². The van der Waals surface area contributed by atoms with Crippen molar-refractivity contribution in [1.82, 2.24) is 4.98 Å². The van der Waals surface area contributed by atoms with Gasteiger partial charge in [0.05, 0.1) is 15.9 Å². The SMILES string of the molecule is O=C(Nc1cc2c3c(c1)CCC(=O)N3CCC2)c1nc2ccccc2s1. The number of hydrogen-bond acceptors (Lipinski definition) is 4. The van der Waals surface area contributed by atoms with Crippen LogP contribution in [0.25, 0.3) is 10.2 Å². The van der Waals surface area contributed by atoms with E-state index >= 15 is 0 Å². The van der Waals surface area contributed by atoms with Gasteiger partial charge in [0.25, 0.3) is 5.91 Å². The van der Waals surface area contributed by atoms with E-state index in [9.17, 15) is 9.59 Å². The third kappa shape index (κ3) is 2.49. The van der Waals surface area contributed by atoms with Crippen LogP contribution in [-0.4, -0.2) is 23.3 Å². The molecule has 26 heavy (non-hydrogen) atoms. The first-order valence-corrected chi connectivity index (χ1v) is 9.64. The van der Waals surface area contributed by atoms with Crippen LogP contribution >= 0.6 is 11.3 Å². The summed E-state index contributed by atoms with van der Waals surface area (Å²) in [7, 11) is 0. The van der Waals surface area contributed by atoms with Gasteiger partial charge in [-0.05, 0) is 54.7 Å². The quantitative estimate of drug-likeness (QED) is 0.754. The molecule has 3 aromatic rings. The average molecular weight is 363 g/mol. The summed E-state index contributed by atoms with van der Waals surface area (Å²) in [5.74, 6) is 0.0302. The number of para-hydroxylation sites is 1. The average Bonchev–Trinajstić information content (AvgIpc) is 3.09. The lowest BCUT2D eigenvalue weighted by molar-refractivity contribution is -0.119. The maximum absolute atomic E-state index is 12.7. The number of rotatable bonds is 2. The van der Waals surface area contributed by atoms with Crippen molar-refractivity contribution in [3.8, 4) is 0 Å². The van der Waals surface area contributed by atoms with Crippen molar-refractivity contribution in [1.29, 1.82) is 0 Å². The van der Waals surface area contributed by atoms with Crippen LogP contribution in [0.1, 0.15) is 33.8 Å². The molecule has 2 amide bonds. The lowest BCUT2D eigenvalue weighted by Crippen LogP contribution is -2.39. The number of anilines is 2. The second-order valence-corrected chi connectivity index (χ2v) is 7.76. The van der Waals surface area contributed by atoms with Crippen molar-refractivity contribution in [3.05, 3.63) is 52.5 Å². The van der Waals surface area contributed by atoms with E-state index in [1.165, 1.54) is 11.3 Å². The van der Waals surface area contributed by atoms with E-state index in [0.29, 0.717) is 11.4 Å². The van der Waals surface area contributed by atoms with Crippen molar-refractivity contribution < 1.29 is 9.59 Å². The van der Waals surface area contributed by atoms with Gasteiger partial charge in [0, 0.05) is 18.7 Å². The molecule has 0 saturated heterocycles. The Kier molecular flexibility index (Phi) is 3.53. The predicted octanol–water partition coefficient (Wildman–Crippen LogP) is 3.77. The first-order valence-electron chi connectivity index (χ1n) is 8.82. The molecule has 0 radical (unpaired) electrons. The summed E-state index contributed by atoms with van der Waals surface area (Å²) in [5.41, 5.74) is 5.02. The number of carbonyl (C=O) groups is 2. The van der Waals surface area contributed by atoms with Gasteiger partial charge in [-0.15, -0.1) is 11.3 Å². The lowest BCUT2D eigenvalue weighted by atomic mass is 9.91. The van der Waals surface area contributed by atoms with Crippen molar-refractivity contribution >= 4 is 44.7 Å². The first-order chi connectivity index (χ1) is 12.7. The molecular weight excluding hydrogens is 346 g/mol. The number of nitrogens with one attached hydrogen (secondary N) is 1. The van der Waals surface area contributed by atoms with Crippen LogP contribution in [0.5, 0.6) is 0 Å². The second-order valence-electron chi connectivity index (χ2n) is 6.73. The van der Waals surface area contributed by atoms with Gasteiger partial charge in [-0.3, -0.25) is 9.59 Å². The Balaban J connectivity index is 1.47. The van der Waals surface area contributed by atoms with Crippen LogP contribution in [0.4, 0.5) is 11.4 Å². The normalized spacial score (nSPS) is 15.8. The number of benzene rings is 2. The number of hydrogen-bond donors (Lipinski definition) is 1. The number of aromatic nitrogens is 1. The molecule has 2 aromatic carbocycles. The summed E-state index contributed by atoms with van der Waals surface area (Å²) in [4.78, 5) is 31.1. The largest absolute Gasteiger partial charge is 0.320 e. The minimum atomic E-state index is -0.182. The van der Waals surface area contributed by atoms with Gasteiger partial charge in [-0.1, -0.05) is 12.1 Å². The molecule has 0 saturated carbocycles. The zero-order valence-corrected chi connectivity index (χ0v) is 14.9. The molecule has 0 aliphatic carbocycles. The van der Waals surface area contributed by atoms with Gasteiger partial charge < -0.3 is 10.2 Å². The highest BCUT2D eigenvalue weighted by Crippen LogP contribution is 2.38. The van der Waals surface area contributed by atoms with Gasteiger partial charge in [0.2, 0.25) is 5.91 Å². The Morgan fingerprint density at radius 3 is 2.77 bits per heavy atom. The topological polar surface area (TPSA) is 62.3 Å². The first kappa shape index (κ1) is 15.5. The maximum atomic E-state index is 12.7. The molecule has 0 unspecified atom stereocenters. The Morgan fingerprint density at radius 1 is 1.12 bits per heavy atom. The third-order valence-electron chi connectivity index (χ3n) is 5.02. The number of nitrogens with zero attached hydrogens (tertiary/aromatic N) is 2. The van der Waals surface area contributed by atoms with Crippen molar-refractivity contribution in [2.45, 2.75) is 25.7 Å². The Labute approximate surface area is 154 Å². The van der Waals surface area contributed by atoms with Crippen molar-refractivity contribution in [2.75, 3.05) is 16.8 Å². The Morgan fingerprint density at radius 2 is 1.92 bits per heavy atom. The smallest absolute Gasteiger partial charge is 0.284 e. The standard InChI is InChI=1S/C20H17N3O2S/c24-17-8-7-13-11-14(10-12-4-3-9-23(17)18(12)13)21-19(25)20-22-15-5-1-2-6-16(15)26-20/h1-2,5-6,10-11H,3-4,7-9H2,(H,21,25). The monoisotopic (exact) mass is 363 g/mol. The fourth-order valence-electron chi connectivity index (χ4n) is 3.88. The number of aryl methyl sites for hydroxylation is 2. The molecule has 1 aromatic heterocycles. The molecule has 0 fully saturated rings. The van der Waals surface area contributed by atoms with E-state index in [-0.39, 0.29) is 11.8 Å². The molecule has 5 nitrogen and oxygen atoms in total. The third-order valence-corrected chi connectivity index (χ3v) is 6.06. The summed E-state index contributed by atoms with van der Waals surface area (Å²) in [6, 6.07) is 11.8. The van der Waals surface area contributed by atoms with Crippen molar-refractivity contribution in [3.63, 3.8) is 0 Å². The van der Waals surface area contributed by atoms with Gasteiger partial charge in [-0.2, -0.15) is 0 Å². The second kappa shape index (κ2) is 5.92. The van der Waals surface area contributed by atoms with E-state index in [0.717, 1.165) is 58.5 Å². The molecule has 0 atom stereocenters. The van der Waals surface area contributed by atoms with Gasteiger partial charge in [-0.25, -0.2) is 4.98 Å². The Hall–Kier alpha value is -2.73. The fourth-order valence-corrected chi connectivity index (χ4v) is 4.74. The van der Waals surface area contributed by atoms with Gasteiger partial charge in [0.1, 0.15) is 0 Å². The van der Waals surface area contributed by atoms with Crippen molar-refractivity contribution in [2.24, 2.45) is 0 Å². The summed E-state index contributed by atoms with van der Waals surface area (Å²) in [6.45, 7) is 0.802. The molecule has 3 heterocycles. The van der Waals surface area contributed by atoms with Crippen LogP contribution < -0.4 is 10.2 Å². The molecule has 1 N–H and O–H groups in total. The number of fused-ring (bicyclic) bond motifs is 1. The zero-order chi connectivity index (χ0) is 17.7. The molecular formula is C20H17N3O2S. The molecule has 2 aliphatic rings.